The van der Waals surface area contributed by atoms with Gasteiger partial charge in [-0.05, 0) is 32.0 Å². The van der Waals surface area contributed by atoms with Crippen LogP contribution in [0.2, 0.25) is 0 Å². The second kappa shape index (κ2) is 5.24. The Kier molecular flexibility index (Phi) is 3.77. The third-order valence-electron chi connectivity index (χ3n) is 2.59. The topological polar surface area (TPSA) is 98.0 Å². The Morgan fingerprint density at radius 3 is 2.29 bits per heavy atom. The molecule has 0 aliphatic carbocycles. The van der Waals surface area contributed by atoms with Gasteiger partial charge in [-0.25, -0.2) is 31.9 Å². The van der Waals surface area contributed by atoms with Gasteiger partial charge in [-0.2, -0.15) is 0 Å². The number of nitrogens with one attached hydrogen (secondary N) is 1. The Balaban J connectivity index is 2.46. The van der Waals surface area contributed by atoms with E-state index < -0.39 is 32.2 Å². The van der Waals surface area contributed by atoms with Gasteiger partial charge in [0.15, 0.2) is 5.82 Å². The van der Waals surface area contributed by atoms with Crippen LogP contribution in [0.4, 0.5) is 20.4 Å². The highest BCUT2D eigenvalue weighted by atomic mass is 32.2. The van der Waals surface area contributed by atoms with Gasteiger partial charge in [0.05, 0.1) is 0 Å². The van der Waals surface area contributed by atoms with Crippen LogP contribution < -0.4 is 10.5 Å². The fourth-order valence-electron chi connectivity index (χ4n) is 1.70. The van der Waals surface area contributed by atoms with Crippen LogP contribution in [0.1, 0.15) is 11.4 Å². The summed E-state index contributed by atoms with van der Waals surface area (Å²) in [5, 5.41) is 0. The Morgan fingerprint density at radius 2 is 1.71 bits per heavy atom. The number of nitrogens with zero attached hydrogens (tertiary/aromatic N) is 2. The minimum Gasteiger partial charge on any atom is -0.394 e. The molecule has 0 bridgehead atoms. The molecule has 0 saturated carbocycles. The molecule has 0 amide bonds. The lowest BCUT2D eigenvalue weighted by Gasteiger charge is -2.10. The summed E-state index contributed by atoms with van der Waals surface area (Å²) >= 11 is 0. The van der Waals surface area contributed by atoms with E-state index in [-0.39, 0.29) is 5.95 Å². The largest absolute Gasteiger partial charge is 0.394 e. The van der Waals surface area contributed by atoms with E-state index in [0.29, 0.717) is 11.4 Å². The summed E-state index contributed by atoms with van der Waals surface area (Å²) in [6.45, 7) is 3.31. The zero-order chi connectivity index (χ0) is 15.8. The summed E-state index contributed by atoms with van der Waals surface area (Å²) < 4.78 is 53.1. The first-order chi connectivity index (χ1) is 9.70. The second-order valence-corrected chi connectivity index (χ2v) is 6.00. The molecule has 9 heteroatoms. The molecule has 1 aromatic carbocycles. The van der Waals surface area contributed by atoms with Crippen LogP contribution in [-0.2, 0) is 10.0 Å². The molecule has 21 heavy (non-hydrogen) atoms. The zero-order valence-corrected chi connectivity index (χ0v) is 12.0. The first-order valence-electron chi connectivity index (χ1n) is 5.79. The van der Waals surface area contributed by atoms with Crippen LogP contribution in [0, 0.1) is 25.5 Å². The van der Waals surface area contributed by atoms with Crippen molar-refractivity contribution in [3.63, 3.8) is 0 Å². The van der Waals surface area contributed by atoms with Crippen molar-refractivity contribution in [1.29, 1.82) is 0 Å². The van der Waals surface area contributed by atoms with Gasteiger partial charge in [0.2, 0.25) is 5.95 Å². The number of rotatable bonds is 3. The van der Waals surface area contributed by atoms with Crippen LogP contribution in [0.5, 0.6) is 0 Å². The molecular formula is C12H12F2N4O2S. The SMILES string of the molecule is Cc1cc(C)nc(NS(=O)(=O)c2ccc(F)c(N)c2F)n1. The fraction of sp³-hybridized carbons (Fsp3) is 0.167. The number of anilines is 2. The summed E-state index contributed by atoms with van der Waals surface area (Å²) in [6.07, 6.45) is 0. The third-order valence-corrected chi connectivity index (χ3v) is 3.93. The average Bonchev–Trinajstić information content (AvgIpc) is 2.33. The number of aromatic nitrogens is 2. The van der Waals surface area contributed by atoms with Gasteiger partial charge in [0.25, 0.3) is 10.0 Å². The lowest BCUT2D eigenvalue weighted by Crippen LogP contribution is -2.18. The number of hydrogen-bond acceptors (Lipinski definition) is 5. The summed E-state index contributed by atoms with van der Waals surface area (Å²) in [6, 6.07) is 3.20. The van der Waals surface area contributed by atoms with Crippen LogP contribution in [0.25, 0.3) is 0 Å². The van der Waals surface area contributed by atoms with Crippen LogP contribution in [-0.4, -0.2) is 18.4 Å². The lowest BCUT2D eigenvalue weighted by atomic mass is 10.3. The molecule has 0 aliphatic heterocycles. The number of nitrogen functional groups attached to an aromatic ring is 1. The number of halogens is 2. The lowest BCUT2D eigenvalue weighted by molar-refractivity contribution is 0.557. The number of benzene rings is 1. The molecule has 1 heterocycles. The second-order valence-electron chi connectivity index (χ2n) is 4.35. The maximum atomic E-state index is 13.8. The first kappa shape index (κ1) is 15.1. The Bertz CT molecular complexity index is 789. The van der Waals surface area contributed by atoms with E-state index >= 15 is 0 Å². The number of hydrogen-bond donors (Lipinski definition) is 2. The van der Waals surface area contributed by atoms with E-state index in [4.69, 9.17) is 5.73 Å². The summed E-state index contributed by atoms with van der Waals surface area (Å²) in [5.74, 6) is -2.59. The molecule has 0 unspecified atom stereocenters. The molecule has 0 fully saturated rings. The van der Waals surface area contributed by atoms with Crippen molar-refractivity contribution in [3.05, 3.63) is 41.2 Å². The molecule has 0 atom stereocenters. The standard InChI is InChI=1S/C12H12F2N4O2S/c1-6-5-7(2)17-12(16-6)18-21(19,20)9-4-3-8(13)11(15)10(9)14/h3-5H,15H2,1-2H3,(H,16,17,18). The van der Waals surface area contributed by atoms with Crippen LogP contribution in [0.15, 0.2) is 23.1 Å². The molecule has 0 aliphatic rings. The van der Waals surface area contributed by atoms with Gasteiger partial charge in [-0.15, -0.1) is 0 Å². The van der Waals surface area contributed by atoms with Gasteiger partial charge in [0, 0.05) is 11.4 Å². The zero-order valence-electron chi connectivity index (χ0n) is 11.2. The molecular weight excluding hydrogens is 302 g/mol. The fourth-order valence-corrected chi connectivity index (χ4v) is 2.74. The van der Waals surface area contributed by atoms with E-state index in [1.54, 1.807) is 19.9 Å². The monoisotopic (exact) mass is 314 g/mol. The van der Waals surface area contributed by atoms with E-state index in [0.717, 1.165) is 12.1 Å². The van der Waals surface area contributed by atoms with E-state index in [1.807, 2.05) is 4.72 Å². The van der Waals surface area contributed by atoms with Crippen molar-refractivity contribution in [2.75, 3.05) is 10.5 Å². The predicted molar refractivity (Wildman–Crippen MR) is 73.1 cm³/mol. The van der Waals surface area contributed by atoms with Gasteiger partial charge >= 0.3 is 0 Å². The van der Waals surface area contributed by atoms with Crippen molar-refractivity contribution in [2.45, 2.75) is 18.7 Å². The maximum absolute atomic E-state index is 13.8. The van der Waals surface area contributed by atoms with Crippen molar-refractivity contribution < 1.29 is 17.2 Å². The van der Waals surface area contributed by atoms with Gasteiger partial charge in [0.1, 0.15) is 16.4 Å². The molecule has 2 rings (SSSR count). The number of nitrogens with two attached hydrogens (primary N) is 1. The summed E-state index contributed by atoms with van der Waals surface area (Å²) in [4.78, 5) is 7.00. The molecule has 3 N–H and O–H groups in total. The highest BCUT2D eigenvalue weighted by molar-refractivity contribution is 7.92. The predicted octanol–water partition coefficient (Wildman–Crippen LogP) is 1.75. The molecule has 0 spiro atoms. The molecule has 0 radical (unpaired) electrons. The normalized spacial score (nSPS) is 11.4. The molecule has 2 aromatic rings. The van der Waals surface area contributed by atoms with Crippen molar-refractivity contribution in [2.24, 2.45) is 0 Å². The van der Waals surface area contributed by atoms with Gasteiger partial charge < -0.3 is 5.73 Å². The van der Waals surface area contributed by atoms with Gasteiger partial charge in [-0.3, -0.25) is 0 Å². The highest BCUT2D eigenvalue weighted by Gasteiger charge is 2.23. The quantitative estimate of drug-likeness (QED) is 0.841. The number of aryl methyl sites for hydroxylation is 2. The Labute approximate surface area is 120 Å². The highest BCUT2D eigenvalue weighted by Crippen LogP contribution is 2.24. The van der Waals surface area contributed by atoms with E-state index in [9.17, 15) is 17.2 Å². The van der Waals surface area contributed by atoms with E-state index in [2.05, 4.69) is 9.97 Å². The van der Waals surface area contributed by atoms with Crippen molar-refractivity contribution in [3.8, 4) is 0 Å². The van der Waals surface area contributed by atoms with Crippen molar-refractivity contribution >= 4 is 21.7 Å². The Hall–Kier alpha value is -2.29. The minimum absolute atomic E-state index is 0.199. The summed E-state index contributed by atoms with van der Waals surface area (Å²) in [5.41, 5.74) is 5.37. The van der Waals surface area contributed by atoms with Crippen LogP contribution >= 0.6 is 0 Å². The first-order valence-corrected chi connectivity index (χ1v) is 7.27. The maximum Gasteiger partial charge on any atom is 0.267 e. The molecule has 112 valence electrons. The Morgan fingerprint density at radius 1 is 1.14 bits per heavy atom. The van der Waals surface area contributed by atoms with E-state index in [1.165, 1.54) is 0 Å². The molecule has 6 nitrogen and oxygen atoms in total. The molecule has 0 saturated heterocycles. The summed E-state index contributed by atoms with van der Waals surface area (Å²) in [7, 11) is -4.31. The van der Waals surface area contributed by atoms with Crippen LogP contribution in [0.3, 0.4) is 0 Å². The average molecular weight is 314 g/mol. The smallest absolute Gasteiger partial charge is 0.267 e. The van der Waals surface area contributed by atoms with Gasteiger partial charge in [-0.1, -0.05) is 0 Å². The third kappa shape index (κ3) is 3.07. The number of sulfonamides is 1. The van der Waals surface area contributed by atoms with Crippen molar-refractivity contribution in [1.82, 2.24) is 9.97 Å². The molecule has 1 aromatic heterocycles. The minimum atomic E-state index is -4.31.